The Morgan fingerprint density at radius 3 is 2.62 bits per heavy atom. The van der Waals surface area contributed by atoms with E-state index in [4.69, 9.17) is 0 Å². The second-order valence-electron chi connectivity index (χ2n) is 3.89. The molecule has 0 aliphatic rings. The molecule has 0 saturated carbocycles. The zero-order chi connectivity index (χ0) is 12.1. The van der Waals surface area contributed by atoms with Crippen molar-refractivity contribution < 1.29 is 10.0 Å². The lowest BCUT2D eigenvalue weighted by molar-refractivity contribution is -0.386. The molecule has 1 rings (SSSR count). The van der Waals surface area contributed by atoms with E-state index in [0.717, 1.165) is 0 Å². The fraction of sp³-hybridized carbons (Fsp3) is 0.455. The van der Waals surface area contributed by atoms with E-state index in [9.17, 15) is 15.2 Å². The van der Waals surface area contributed by atoms with Crippen LogP contribution in [0.15, 0.2) is 24.3 Å². The monoisotopic (exact) mass is 224 g/mol. The Hall–Kier alpha value is -1.46. The number of nitrogens with zero attached hydrogens (tertiary/aromatic N) is 1. The average molecular weight is 224 g/mol. The van der Waals surface area contributed by atoms with E-state index in [2.05, 4.69) is 5.32 Å². The second-order valence-corrected chi connectivity index (χ2v) is 3.89. The molecule has 1 atom stereocenters. The molecule has 0 radical (unpaired) electrons. The van der Waals surface area contributed by atoms with Crippen molar-refractivity contribution in [3.63, 3.8) is 0 Å². The molecule has 1 unspecified atom stereocenters. The van der Waals surface area contributed by atoms with E-state index in [1.165, 1.54) is 6.07 Å². The fourth-order valence-corrected chi connectivity index (χ4v) is 1.39. The molecule has 5 nitrogen and oxygen atoms in total. The highest BCUT2D eigenvalue weighted by molar-refractivity contribution is 5.41. The first-order valence-electron chi connectivity index (χ1n) is 5.17. The maximum Gasteiger partial charge on any atom is 0.275 e. The fourth-order valence-electron chi connectivity index (χ4n) is 1.39. The van der Waals surface area contributed by atoms with Crippen LogP contribution in [0.4, 0.5) is 5.69 Å². The topological polar surface area (TPSA) is 75.4 Å². The van der Waals surface area contributed by atoms with Crippen molar-refractivity contribution in [3.05, 3.63) is 39.9 Å². The molecule has 5 heteroatoms. The smallest absolute Gasteiger partial charge is 0.275 e. The molecular formula is C11H16N2O3. The molecular weight excluding hydrogens is 208 g/mol. The van der Waals surface area contributed by atoms with Crippen LogP contribution >= 0.6 is 0 Å². The van der Waals surface area contributed by atoms with Gasteiger partial charge in [0.25, 0.3) is 5.69 Å². The SMILES string of the molecule is CC(C)NCC(O)c1ccccc1[N+](=O)[O-]. The third-order valence-electron chi connectivity index (χ3n) is 2.21. The first-order chi connectivity index (χ1) is 7.52. The Balaban J connectivity index is 2.82. The van der Waals surface area contributed by atoms with Crippen LogP contribution < -0.4 is 5.32 Å². The molecule has 2 N–H and O–H groups in total. The molecule has 0 bridgehead atoms. The van der Waals surface area contributed by atoms with Crippen molar-refractivity contribution in [2.24, 2.45) is 0 Å². The first-order valence-corrected chi connectivity index (χ1v) is 5.17. The summed E-state index contributed by atoms with van der Waals surface area (Å²) >= 11 is 0. The van der Waals surface area contributed by atoms with Crippen LogP contribution in [-0.2, 0) is 0 Å². The molecule has 1 aromatic rings. The van der Waals surface area contributed by atoms with Gasteiger partial charge in [0.05, 0.1) is 16.6 Å². The van der Waals surface area contributed by atoms with Gasteiger partial charge in [0.1, 0.15) is 0 Å². The van der Waals surface area contributed by atoms with Crippen LogP contribution in [0.25, 0.3) is 0 Å². The lowest BCUT2D eigenvalue weighted by Crippen LogP contribution is -2.28. The van der Waals surface area contributed by atoms with Crippen LogP contribution in [0.1, 0.15) is 25.5 Å². The summed E-state index contributed by atoms with van der Waals surface area (Å²) < 4.78 is 0. The largest absolute Gasteiger partial charge is 0.387 e. The summed E-state index contributed by atoms with van der Waals surface area (Å²) in [6.07, 6.45) is -0.857. The van der Waals surface area contributed by atoms with Crippen molar-refractivity contribution in [2.45, 2.75) is 26.0 Å². The van der Waals surface area contributed by atoms with Gasteiger partial charge in [0, 0.05) is 18.7 Å². The molecule has 0 aliphatic carbocycles. The van der Waals surface area contributed by atoms with E-state index in [1.807, 2.05) is 13.8 Å². The average Bonchev–Trinajstić information content (AvgIpc) is 2.25. The number of aliphatic hydroxyl groups is 1. The van der Waals surface area contributed by atoms with E-state index in [-0.39, 0.29) is 11.7 Å². The number of nitro benzene ring substituents is 1. The minimum atomic E-state index is -0.857. The molecule has 88 valence electrons. The predicted molar refractivity (Wildman–Crippen MR) is 61.2 cm³/mol. The van der Waals surface area contributed by atoms with Gasteiger partial charge >= 0.3 is 0 Å². The van der Waals surface area contributed by atoms with Gasteiger partial charge in [-0.3, -0.25) is 10.1 Å². The van der Waals surface area contributed by atoms with E-state index >= 15 is 0 Å². The van der Waals surface area contributed by atoms with Gasteiger partial charge in [-0.15, -0.1) is 0 Å². The van der Waals surface area contributed by atoms with Crippen LogP contribution in [-0.4, -0.2) is 22.6 Å². The highest BCUT2D eigenvalue weighted by Gasteiger charge is 2.19. The Morgan fingerprint density at radius 2 is 2.06 bits per heavy atom. The van der Waals surface area contributed by atoms with Crippen molar-refractivity contribution in [2.75, 3.05) is 6.54 Å². The number of hydrogen-bond donors (Lipinski definition) is 2. The number of para-hydroxylation sites is 1. The maximum atomic E-state index is 10.7. The van der Waals surface area contributed by atoms with Crippen LogP contribution in [0.5, 0.6) is 0 Å². The van der Waals surface area contributed by atoms with E-state index in [1.54, 1.807) is 18.2 Å². The second kappa shape index (κ2) is 5.58. The molecule has 0 aromatic heterocycles. The summed E-state index contributed by atoms with van der Waals surface area (Å²) in [5.74, 6) is 0. The minimum absolute atomic E-state index is 0.0412. The van der Waals surface area contributed by atoms with Gasteiger partial charge in [-0.1, -0.05) is 26.0 Å². The molecule has 16 heavy (non-hydrogen) atoms. The highest BCUT2D eigenvalue weighted by atomic mass is 16.6. The number of nitro groups is 1. The van der Waals surface area contributed by atoms with Gasteiger partial charge in [0.15, 0.2) is 0 Å². The predicted octanol–water partition coefficient (Wildman–Crippen LogP) is 1.63. The summed E-state index contributed by atoms with van der Waals surface area (Å²) in [7, 11) is 0. The molecule has 0 amide bonds. The lowest BCUT2D eigenvalue weighted by Gasteiger charge is -2.14. The zero-order valence-corrected chi connectivity index (χ0v) is 9.38. The molecule has 0 aliphatic heterocycles. The number of rotatable bonds is 5. The molecule has 0 saturated heterocycles. The minimum Gasteiger partial charge on any atom is -0.387 e. The Labute approximate surface area is 94.3 Å². The van der Waals surface area contributed by atoms with Crippen molar-refractivity contribution >= 4 is 5.69 Å². The normalized spacial score (nSPS) is 12.8. The quantitative estimate of drug-likeness (QED) is 0.588. The molecule has 0 fully saturated rings. The Kier molecular flexibility index (Phi) is 4.39. The Bertz CT molecular complexity index is 366. The van der Waals surface area contributed by atoms with Gasteiger partial charge in [-0.05, 0) is 6.07 Å². The summed E-state index contributed by atoms with van der Waals surface area (Å²) in [6.45, 7) is 4.21. The van der Waals surface area contributed by atoms with Crippen molar-refractivity contribution in [1.82, 2.24) is 5.32 Å². The number of aliphatic hydroxyl groups excluding tert-OH is 1. The first kappa shape index (κ1) is 12.6. The van der Waals surface area contributed by atoms with Crippen LogP contribution in [0.2, 0.25) is 0 Å². The number of nitrogens with one attached hydrogen (secondary N) is 1. The summed E-state index contributed by atoms with van der Waals surface area (Å²) in [6, 6.07) is 6.47. The highest BCUT2D eigenvalue weighted by Crippen LogP contribution is 2.24. The summed E-state index contributed by atoms with van der Waals surface area (Å²) in [4.78, 5) is 10.3. The molecule has 0 spiro atoms. The maximum absolute atomic E-state index is 10.7. The van der Waals surface area contributed by atoms with Gasteiger partial charge in [-0.25, -0.2) is 0 Å². The third kappa shape index (κ3) is 3.29. The summed E-state index contributed by atoms with van der Waals surface area (Å²) in [5, 5.41) is 23.6. The van der Waals surface area contributed by atoms with E-state index < -0.39 is 11.0 Å². The Morgan fingerprint density at radius 1 is 1.44 bits per heavy atom. The van der Waals surface area contributed by atoms with Gasteiger partial charge in [0.2, 0.25) is 0 Å². The van der Waals surface area contributed by atoms with Gasteiger partial charge in [-0.2, -0.15) is 0 Å². The number of benzene rings is 1. The third-order valence-corrected chi connectivity index (χ3v) is 2.21. The van der Waals surface area contributed by atoms with Crippen LogP contribution in [0.3, 0.4) is 0 Å². The van der Waals surface area contributed by atoms with Crippen molar-refractivity contribution in [1.29, 1.82) is 0 Å². The molecule has 0 heterocycles. The number of hydrogen-bond acceptors (Lipinski definition) is 4. The van der Waals surface area contributed by atoms with Crippen LogP contribution in [0, 0.1) is 10.1 Å². The standard InChI is InChI=1S/C11H16N2O3/c1-8(2)12-7-11(14)9-5-3-4-6-10(9)13(15)16/h3-6,8,11-12,14H,7H2,1-2H3. The van der Waals surface area contributed by atoms with Gasteiger partial charge < -0.3 is 10.4 Å². The molecule has 1 aromatic carbocycles. The van der Waals surface area contributed by atoms with Crippen molar-refractivity contribution in [3.8, 4) is 0 Å². The van der Waals surface area contributed by atoms with E-state index in [0.29, 0.717) is 12.1 Å². The lowest BCUT2D eigenvalue weighted by atomic mass is 10.1. The summed E-state index contributed by atoms with van der Waals surface area (Å²) in [5.41, 5.74) is 0.307. The zero-order valence-electron chi connectivity index (χ0n) is 9.38.